The van der Waals surface area contributed by atoms with E-state index in [2.05, 4.69) is 0 Å². The van der Waals surface area contributed by atoms with Gasteiger partial charge in [0, 0.05) is 22.6 Å². The Morgan fingerprint density at radius 3 is 2.63 bits per heavy atom. The maximum atomic E-state index is 14.3. The van der Waals surface area contributed by atoms with Crippen LogP contribution < -0.4 is 10.5 Å². The number of amides is 1. The van der Waals surface area contributed by atoms with Crippen LogP contribution in [0.3, 0.4) is 0 Å². The maximum absolute atomic E-state index is 14.3. The van der Waals surface area contributed by atoms with Crippen molar-refractivity contribution >= 4 is 38.5 Å². The summed E-state index contributed by atoms with van der Waals surface area (Å²) in [4.78, 5) is 12.1. The summed E-state index contributed by atoms with van der Waals surface area (Å²) in [6, 6.07) is 6.36. The van der Waals surface area contributed by atoms with Crippen LogP contribution in [-0.2, 0) is 16.4 Å². The fourth-order valence-electron chi connectivity index (χ4n) is 3.64. The van der Waals surface area contributed by atoms with Gasteiger partial charge in [-0.15, -0.1) is 0 Å². The Hall–Kier alpha value is -1.79. The summed E-state index contributed by atoms with van der Waals surface area (Å²) >= 11 is 1.98. The first-order valence-electron chi connectivity index (χ1n) is 9.22. The molecular weight excluding hydrogens is 529 g/mol. The third kappa shape index (κ3) is 5.27. The van der Waals surface area contributed by atoms with E-state index < -0.39 is 33.6 Å². The number of benzene rings is 2. The third-order valence-corrected chi connectivity index (χ3v) is 6.98. The van der Waals surface area contributed by atoms with Gasteiger partial charge in [-0.05, 0) is 64.8 Å². The molecule has 1 heterocycles. The molecule has 162 valence electrons. The van der Waals surface area contributed by atoms with Gasteiger partial charge in [-0.3, -0.25) is 4.79 Å². The average molecular weight is 550 g/mol. The molecule has 10 heteroatoms. The van der Waals surface area contributed by atoms with Gasteiger partial charge in [-0.2, -0.15) is 4.31 Å². The Morgan fingerprint density at radius 2 is 2.00 bits per heavy atom. The van der Waals surface area contributed by atoms with Crippen molar-refractivity contribution in [3.63, 3.8) is 0 Å². The van der Waals surface area contributed by atoms with E-state index >= 15 is 0 Å². The molecule has 0 radical (unpaired) electrons. The summed E-state index contributed by atoms with van der Waals surface area (Å²) in [6.45, 7) is 0.337. The predicted octanol–water partition coefficient (Wildman–Crippen LogP) is 3.06. The van der Waals surface area contributed by atoms with E-state index in [1.54, 1.807) is 12.1 Å². The number of nitrogens with two attached hydrogens (primary N) is 1. The number of carbonyl (C=O) groups excluding carboxylic acids is 1. The summed E-state index contributed by atoms with van der Waals surface area (Å²) < 4.78 is 60.0. The van der Waals surface area contributed by atoms with Crippen molar-refractivity contribution in [3.05, 3.63) is 62.2 Å². The van der Waals surface area contributed by atoms with Gasteiger partial charge in [0.1, 0.15) is 24.0 Å². The van der Waals surface area contributed by atoms with Gasteiger partial charge in [0.25, 0.3) is 5.91 Å². The quantitative estimate of drug-likeness (QED) is 0.537. The molecule has 1 atom stereocenters. The summed E-state index contributed by atoms with van der Waals surface area (Å²) in [5.74, 6) is -2.05. The summed E-state index contributed by atoms with van der Waals surface area (Å²) in [6.07, 6.45) is 2.35. The average Bonchev–Trinajstić information content (AvgIpc) is 3.10. The Morgan fingerprint density at radius 1 is 1.27 bits per heavy atom. The van der Waals surface area contributed by atoms with Crippen LogP contribution in [0.2, 0.25) is 0 Å². The minimum Gasteiger partial charge on any atom is -0.491 e. The monoisotopic (exact) mass is 550 g/mol. The van der Waals surface area contributed by atoms with Crippen LogP contribution in [0.15, 0.2) is 30.3 Å². The first-order chi connectivity index (χ1) is 14.1. The molecule has 1 saturated heterocycles. The van der Waals surface area contributed by atoms with Gasteiger partial charge in [0.2, 0.25) is 10.0 Å². The zero-order valence-electron chi connectivity index (χ0n) is 16.2. The molecule has 0 saturated carbocycles. The fourth-order valence-corrected chi connectivity index (χ4v) is 5.26. The predicted molar refractivity (Wildman–Crippen MR) is 117 cm³/mol. The van der Waals surface area contributed by atoms with Gasteiger partial charge in [0.05, 0.1) is 17.9 Å². The van der Waals surface area contributed by atoms with Gasteiger partial charge in [-0.25, -0.2) is 17.2 Å². The molecule has 2 aromatic rings. The summed E-state index contributed by atoms with van der Waals surface area (Å²) in [5, 5.41) is 0. The van der Waals surface area contributed by atoms with E-state index in [0.29, 0.717) is 23.0 Å². The lowest BCUT2D eigenvalue weighted by Gasteiger charge is -2.23. The number of sulfonamides is 1. The standard InChI is InChI=1S/C20H21F2IN2O4S/c1-30(27,28)25-6-2-3-16(25)11-29-18-9-14(21)8-13(19(18)20(24)26)7-12-4-5-15(23)10-17(12)22/h4-5,8-10,16H,2-3,6-7,11H2,1H3,(H2,24,26)/t16-/m1/s1. The van der Waals surface area contributed by atoms with Crippen molar-refractivity contribution in [3.8, 4) is 5.75 Å². The topological polar surface area (TPSA) is 89.7 Å². The molecule has 1 aliphatic heterocycles. The Bertz CT molecular complexity index is 1080. The highest BCUT2D eigenvalue weighted by molar-refractivity contribution is 14.1. The van der Waals surface area contributed by atoms with Crippen molar-refractivity contribution in [1.82, 2.24) is 4.31 Å². The minimum atomic E-state index is -3.40. The van der Waals surface area contributed by atoms with E-state index in [4.69, 9.17) is 10.5 Å². The lowest BCUT2D eigenvalue weighted by atomic mass is 9.98. The third-order valence-electron chi connectivity index (χ3n) is 4.97. The highest BCUT2D eigenvalue weighted by atomic mass is 127. The number of hydrogen-bond donors (Lipinski definition) is 1. The molecule has 2 aromatic carbocycles. The van der Waals surface area contributed by atoms with Gasteiger partial charge in [-0.1, -0.05) is 6.07 Å². The van der Waals surface area contributed by atoms with Crippen LogP contribution >= 0.6 is 22.6 Å². The van der Waals surface area contributed by atoms with Crippen molar-refractivity contribution in [2.75, 3.05) is 19.4 Å². The number of carbonyl (C=O) groups is 1. The molecule has 30 heavy (non-hydrogen) atoms. The van der Waals surface area contributed by atoms with Crippen LogP contribution in [0, 0.1) is 15.2 Å². The lowest BCUT2D eigenvalue weighted by molar-refractivity contribution is 0.0994. The van der Waals surface area contributed by atoms with Gasteiger partial charge >= 0.3 is 0 Å². The first kappa shape index (κ1) is 22.9. The Labute approximate surface area is 187 Å². The molecule has 2 N–H and O–H groups in total. The van der Waals surface area contributed by atoms with Crippen molar-refractivity contribution < 1.29 is 26.7 Å². The normalized spacial score (nSPS) is 17.3. The van der Waals surface area contributed by atoms with Crippen molar-refractivity contribution in [2.45, 2.75) is 25.3 Å². The van der Waals surface area contributed by atoms with E-state index in [-0.39, 0.29) is 35.5 Å². The molecule has 1 aliphatic rings. The zero-order valence-corrected chi connectivity index (χ0v) is 19.2. The molecule has 1 amide bonds. The first-order valence-corrected chi connectivity index (χ1v) is 12.1. The smallest absolute Gasteiger partial charge is 0.252 e. The SMILES string of the molecule is CS(=O)(=O)N1CCC[C@@H]1COc1cc(F)cc(Cc2ccc(I)cc2F)c1C(N)=O. The molecule has 1 fully saturated rings. The van der Waals surface area contributed by atoms with Crippen LogP contribution in [-0.4, -0.2) is 44.1 Å². The molecule has 0 spiro atoms. The number of hydrogen-bond acceptors (Lipinski definition) is 4. The van der Waals surface area contributed by atoms with Gasteiger partial charge < -0.3 is 10.5 Å². The fraction of sp³-hybridized carbons (Fsp3) is 0.350. The molecule has 0 aliphatic carbocycles. The van der Waals surface area contributed by atoms with E-state index in [1.807, 2.05) is 22.6 Å². The maximum Gasteiger partial charge on any atom is 0.252 e. The van der Waals surface area contributed by atoms with Crippen LogP contribution in [0.4, 0.5) is 8.78 Å². The Kier molecular flexibility index (Phi) is 6.98. The number of primary amides is 1. The minimum absolute atomic E-state index is 0.0433. The Balaban J connectivity index is 1.90. The van der Waals surface area contributed by atoms with Crippen LogP contribution in [0.1, 0.15) is 34.3 Å². The van der Waals surface area contributed by atoms with Gasteiger partial charge in [0.15, 0.2) is 0 Å². The number of nitrogens with zero attached hydrogens (tertiary/aromatic N) is 1. The van der Waals surface area contributed by atoms with Crippen LogP contribution in [0.25, 0.3) is 0 Å². The highest BCUT2D eigenvalue weighted by Crippen LogP contribution is 2.29. The second-order valence-electron chi connectivity index (χ2n) is 7.20. The number of rotatable bonds is 7. The molecule has 0 bridgehead atoms. The van der Waals surface area contributed by atoms with E-state index in [1.165, 1.54) is 10.4 Å². The second kappa shape index (κ2) is 9.15. The highest BCUT2D eigenvalue weighted by Gasteiger charge is 2.32. The summed E-state index contributed by atoms with van der Waals surface area (Å²) in [7, 11) is -3.40. The van der Waals surface area contributed by atoms with E-state index in [9.17, 15) is 22.0 Å². The zero-order chi connectivity index (χ0) is 22.1. The molecule has 3 rings (SSSR count). The lowest BCUT2D eigenvalue weighted by Crippen LogP contribution is -2.38. The number of ether oxygens (including phenoxy) is 1. The molecule has 0 aromatic heterocycles. The van der Waals surface area contributed by atoms with Crippen molar-refractivity contribution in [1.29, 1.82) is 0 Å². The van der Waals surface area contributed by atoms with Crippen molar-refractivity contribution in [2.24, 2.45) is 5.73 Å². The largest absolute Gasteiger partial charge is 0.491 e. The molecular formula is C20H21F2IN2O4S. The summed E-state index contributed by atoms with van der Waals surface area (Å²) in [5.41, 5.74) is 5.96. The molecule has 0 unspecified atom stereocenters. The van der Waals surface area contributed by atoms with Crippen LogP contribution in [0.5, 0.6) is 5.75 Å². The molecule has 6 nitrogen and oxygen atoms in total. The van der Waals surface area contributed by atoms with E-state index in [0.717, 1.165) is 18.4 Å². The number of halogens is 3. The second-order valence-corrected chi connectivity index (χ2v) is 10.4.